The Kier molecular flexibility index (Phi) is 6.06. The first kappa shape index (κ1) is 17.3. The maximum atomic E-state index is 11.2. The van der Waals surface area contributed by atoms with Crippen molar-refractivity contribution in [3.8, 4) is 0 Å². The van der Waals surface area contributed by atoms with Crippen LogP contribution in [-0.4, -0.2) is 60.3 Å². The van der Waals surface area contributed by atoms with Crippen LogP contribution in [0.5, 0.6) is 0 Å². The lowest BCUT2D eigenvalue weighted by Crippen LogP contribution is -2.64. The molecule has 1 rings (SSSR count). The summed E-state index contributed by atoms with van der Waals surface area (Å²) < 4.78 is 20.0. The van der Waals surface area contributed by atoms with Crippen LogP contribution in [0.1, 0.15) is 20.8 Å². The molecule has 0 aromatic rings. The second-order valence-corrected chi connectivity index (χ2v) is 4.59. The fraction of sp³-hybridized carbons (Fsp3) is 0.750. The molecule has 0 saturated carbocycles. The van der Waals surface area contributed by atoms with E-state index in [9.17, 15) is 19.5 Å². The molecule has 9 heteroatoms. The fourth-order valence-electron chi connectivity index (χ4n) is 1.95. The number of rotatable bonds is 4. The number of ether oxygens (including phenoxy) is 4. The Balaban J connectivity index is 2.94. The van der Waals surface area contributed by atoms with Gasteiger partial charge in [-0.1, -0.05) is 0 Å². The summed E-state index contributed by atoms with van der Waals surface area (Å²) in [5.74, 6) is -1.89. The quantitative estimate of drug-likeness (QED) is 0.468. The molecule has 1 aliphatic heterocycles. The summed E-state index contributed by atoms with van der Waals surface area (Å²) in [6, 6.07) is -1.10. The van der Waals surface area contributed by atoms with Gasteiger partial charge in [0.05, 0.1) is 6.04 Å². The predicted molar refractivity (Wildman–Crippen MR) is 66.6 cm³/mol. The van der Waals surface area contributed by atoms with Gasteiger partial charge in [0.1, 0.15) is 12.7 Å². The van der Waals surface area contributed by atoms with Crippen molar-refractivity contribution in [1.29, 1.82) is 0 Å². The van der Waals surface area contributed by atoms with Crippen LogP contribution in [0.4, 0.5) is 0 Å². The van der Waals surface area contributed by atoms with E-state index >= 15 is 0 Å². The number of aliphatic hydroxyl groups is 1. The van der Waals surface area contributed by atoms with Crippen LogP contribution in [0.25, 0.3) is 0 Å². The molecular weight excluding hydrogens is 286 g/mol. The average Bonchev–Trinajstić information content (AvgIpc) is 2.35. The smallest absolute Gasteiger partial charge is 0.303 e. The first-order chi connectivity index (χ1) is 9.72. The second-order valence-electron chi connectivity index (χ2n) is 4.59. The lowest BCUT2D eigenvalue weighted by molar-refractivity contribution is -0.260. The van der Waals surface area contributed by atoms with Gasteiger partial charge in [-0.05, 0) is 0 Å². The van der Waals surface area contributed by atoms with E-state index < -0.39 is 48.6 Å². The molecule has 0 radical (unpaired) electrons. The number of carbonyl (C=O) groups excluding carboxylic acids is 3. The van der Waals surface area contributed by atoms with Crippen molar-refractivity contribution in [2.75, 3.05) is 6.61 Å². The van der Waals surface area contributed by atoms with Crippen molar-refractivity contribution in [2.45, 2.75) is 51.4 Å². The zero-order valence-corrected chi connectivity index (χ0v) is 12.0. The predicted octanol–water partition coefficient (Wildman–Crippen LogP) is -1.54. The van der Waals surface area contributed by atoms with Crippen LogP contribution in [-0.2, 0) is 33.3 Å². The van der Waals surface area contributed by atoms with Crippen LogP contribution in [0.3, 0.4) is 0 Å². The van der Waals surface area contributed by atoms with Crippen molar-refractivity contribution >= 4 is 17.9 Å². The molecule has 1 saturated heterocycles. The van der Waals surface area contributed by atoms with Gasteiger partial charge in [0.25, 0.3) is 0 Å². The van der Waals surface area contributed by atoms with Gasteiger partial charge in [0, 0.05) is 20.8 Å². The number of aliphatic hydroxyl groups excluding tert-OH is 1. The summed E-state index contributed by atoms with van der Waals surface area (Å²) in [5.41, 5.74) is 5.70. The summed E-state index contributed by atoms with van der Waals surface area (Å²) >= 11 is 0. The number of hydrogen-bond acceptors (Lipinski definition) is 9. The molecule has 120 valence electrons. The highest BCUT2D eigenvalue weighted by atomic mass is 16.7. The third-order valence-electron chi connectivity index (χ3n) is 2.77. The van der Waals surface area contributed by atoms with Gasteiger partial charge in [-0.15, -0.1) is 0 Å². The minimum Gasteiger partial charge on any atom is -0.463 e. The molecule has 0 unspecified atom stereocenters. The molecule has 0 aliphatic carbocycles. The highest BCUT2D eigenvalue weighted by Crippen LogP contribution is 2.24. The number of hydrogen-bond donors (Lipinski definition) is 2. The van der Waals surface area contributed by atoms with E-state index in [1.165, 1.54) is 6.92 Å². The Labute approximate surface area is 121 Å². The summed E-state index contributed by atoms with van der Waals surface area (Å²) in [7, 11) is 0. The van der Waals surface area contributed by atoms with E-state index in [2.05, 4.69) is 0 Å². The molecule has 1 heterocycles. The Bertz CT molecular complexity index is 412. The third kappa shape index (κ3) is 4.96. The van der Waals surface area contributed by atoms with Crippen LogP contribution < -0.4 is 5.73 Å². The molecule has 3 N–H and O–H groups in total. The molecule has 21 heavy (non-hydrogen) atoms. The minimum absolute atomic E-state index is 0.283. The zero-order valence-electron chi connectivity index (χ0n) is 12.0. The molecule has 1 fully saturated rings. The summed E-state index contributed by atoms with van der Waals surface area (Å²) in [5, 5.41) is 9.73. The molecule has 0 aromatic heterocycles. The highest BCUT2D eigenvalue weighted by molar-refractivity contribution is 5.67. The topological polar surface area (TPSA) is 134 Å². The van der Waals surface area contributed by atoms with E-state index in [1.807, 2.05) is 0 Å². The monoisotopic (exact) mass is 305 g/mol. The largest absolute Gasteiger partial charge is 0.463 e. The Morgan fingerprint density at radius 2 is 1.57 bits per heavy atom. The van der Waals surface area contributed by atoms with Crippen molar-refractivity contribution < 1.29 is 38.4 Å². The average molecular weight is 305 g/mol. The highest BCUT2D eigenvalue weighted by Gasteiger charge is 2.48. The maximum absolute atomic E-state index is 11.2. The first-order valence-corrected chi connectivity index (χ1v) is 6.29. The number of nitrogens with two attached hydrogens (primary N) is 1. The Morgan fingerprint density at radius 1 is 1.05 bits per heavy atom. The molecular formula is C12H19NO8. The van der Waals surface area contributed by atoms with Crippen LogP contribution in [0.2, 0.25) is 0 Å². The minimum atomic E-state index is -1.46. The molecule has 9 nitrogen and oxygen atoms in total. The zero-order chi connectivity index (χ0) is 16.2. The first-order valence-electron chi connectivity index (χ1n) is 6.29. The van der Waals surface area contributed by atoms with Crippen LogP contribution >= 0.6 is 0 Å². The second kappa shape index (κ2) is 7.34. The third-order valence-corrected chi connectivity index (χ3v) is 2.77. The summed E-state index contributed by atoms with van der Waals surface area (Å²) in [6.45, 7) is 3.22. The molecule has 1 aliphatic rings. The normalized spacial score (nSPS) is 32.1. The summed E-state index contributed by atoms with van der Waals surface area (Å²) in [6.07, 6.45) is -4.67. The van der Waals surface area contributed by atoms with Gasteiger partial charge in [0.15, 0.2) is 18.5 Å². The maximum Gasteiger partial charge on any atom is 0.303 e. The molecule has 0 aromatic carbocycles. The van der Waals surface area contributed by atoms with Gasteiger partial charge in [-0.2, -0.15) is 0 Å². The van der Waals surface area contributed by atoms with Gasteiger partial charge < -0.3 is 29.8 Å². The lowest BCUT2D eigenvalue weighted by atomic mass is 9.97. The molecule has 0 spiro atoms. The Morgan fingerprint density at radius 3 is 2.05 bits per heavy atom. The Hall–Kier alpha value is -1.71. The van der Waals surface area contributed by atoms with E-state index in [1.54, 1.807) is 0 Å². The van der Waals surface area contributed by atoms with E-state index in [-0.39, 0.29) is 6.61 Å². The SMILES string of the molecule is CC(=O)OC[C@H]1O[C@@H](O)[C@@H](N)[C@@H](OC(C)=O)[C@H]1OC(C)=O. The van der Waals surface area contributed by atoms with Crippen molar-refractivity contribution in [3.05, 3.63) is 0 Å². The van der Waals surface area contributed by atoms with Crippen molar-refractivity contribution in [1.82, 2.24) is 0 Å². The molecule has 5 atom stereocenters. The number of esters is 3. The lowest BCUT2D eigenvalue weighted by Gasteiger charge is -2.41. The fourth-order valence-corrected chi connectivity index (χ4v) is 1.95. The van der Waals surface area contributed by atoms with Gasteiger partial charge in [-0.3, -0.25) is 14.4 Å². The molecule has 0 amide bonds. The molecule has 0 bridgehead atoms. The van der Waals surface area contributed by atoms with Crippen LogP contribution in [0, 0.1) is 0 Å². The standard InChI is InChI=1S/C12H19NO8/c1-5(14)18-4-8-10(19-6(2)15)11(20-7(3)16)9(13)12(17)21-8/h8-12,17H,4,13H2,1-3H3/t8-,9+,10+,11-,12-/m1/s1. The van der Waals surface area contributed by atoms with Gasteiger partial charge in [-0.25, -0.2) is 0 Å². The van der Waals surface area contributed by atoms with E-state index in [0.717, 1.165) is 13.8 Å². The van der Waals surface area contributed by atoms with E-state index in [4.69, 9.17) is 24.7 Å². The summed E-state index contributed by atoms with van der Waals surface area (Å²) in [4.78, 5) is 33.2. The van der Waals surface area contributed by atoms with Crippen molar-refractivity contribution in [3.63, 3.8) is 0 Å². The van der Waals surface area contributed by atoms with Crippen LogP contribution in [0.15, 0.2) is 0 Å². The van der Waals surface area contributed by atoms with Gasteiger partial charge >= 0.3 is 17.9 Å². The number of carbonyl (C=O) groups is 3. The van der Waals surface area contributed by atoms with E-state index in [0.29, 0.717) is 0 Å². The van der Waals surface area contributed by atoms with Gasteiger partial charge in [0.2, 0.25) is 0 Å². The van der Waals surface area contributed by atoms with Crippen molar-refractivity contribution in [2.24, 2.45) is 5.73 Å².